The molecule has 6 unspecified atom stereocenters. The van der Waals surface area contributed by atoms with Gasteiger partial charge in [-0.3, -0.25) is 19.2 Å². The van der Waals surface area contributed by atoms with Gasteiger partial charge < -0.3 is 37.0 Å². The Kier molecular flexibility index (Phi) is 9.90. The Morgan fingerprint density at radius 2 is 1.19 bits per heavy atom. The molecule has 0 bridgehead atoms. The third-order valence-electron chi connectivity index (χ3n) is 3.86. The van der Waals surface area contributed by atoms with E-state index < -0.39 is 66.0 Å². The van der Waals surface area contributed by atoms with Crippen LogP contribution in [-0.2, 0) is 19.2 Å². The van der Waals surface area contributed by atoms with Crippen LogP contribution in [0.25, 0.3) is 0 Å². The summed E-state index contributed by atoms with van der Waals surface area (Å²) in [6.07, 6.45) is -2.45. The lowest BCUT2D eigenvalue weighted by atomic mass is 10.0. The van der Waals surface area contributed by atoms with Crippen LogP contribution in [0.3, 0.4) is 0 Å². The number of hydrogen-bond donors (Lipinski definition) is 7. The minimum absolute atomic E-state index is 0.397. The average molecular weight is 390 g/mol. The Labute approximate surface area is 157 Å². The molecule has 0 saturated heterocycles. The van der Waals surface area contributed by atoms with Gasteiger partial charge in [0.2, 0.25) is 17.7 Å². The first kappa shape index (κ1) is 24.8. The molecule has 0 aliphatic heterocycles. The van der Waals surface area contributed by atoms with Gasteiger partial charge in [-0.1, -0.05) is 13.8 Å². The van der Waals surface area contributed by atoms with Crippen molar-refractivity contribution in [1.29, 1.82) is 0 Å². The standard InChI is InChI=1S/C16H30N4O7/c1-6(2)11(19-13(23)10(17)8(4)21)14(24)20-12(9(5)22)15(25)18-7(3)16(26)27/h6-12,21-22H,17H2,1-5H3,(H,18,25)(H,19,23)(H,20,24)(H,26,27). The lowest BCUT2D eigenvalue weighted by Gasteiger charge is -2.28. The maximum absolute atomic E-state index is 12.5. The number of nitrogens with one attached hydrogen (secondary N) is 3. The second-order valence-corrected chi connectivity index (χ2v) is 6.79. The van der Waals surface area contributed by atoms with Crippen molar-refractivity contribution in [3.8, 4) is 0 Å². The SMILES string of the molecule is CC(NC(=O)C(NC(=O)C(NC(=O)C(N)C(C)O)C(C)C)C(C)O)C(=O)O. The van der Waals surface area contributed by atoms with Crippen LogP contribution in [0.4, 0.5) is 0 Å². The first-order chi connectivity index (χ1) is 12.3. The number of carbonyl (C=O) groups excluding carboxylic acids is 3. The Hall–Kier alpha value is -2.24. The van der Waals surface area contributed by atoms with Gasteiger partial charge in [-0.25, -0.2) is 0 Å². The van der Waals surface area contributed by atoms with Crippen LogP contribution in [0.15, 0.2) is 0 Å². The molecule has 8 N–H and O–H groups in total. The number of hydrogen-bond acceptors (Lipinski definition) is 7. The zero-order chi connectivity index (χ0) is 21.5. The van der Waals surface area contributed by atoms with Crippen molar-refractivity contribution in [1.82, 2.24) is 16.0 Å². The summed E-state index contributed by atoms with van der Waals surface area (Å²) in [4.78, 5) is 47.5. The highest BCUT2D eigenvalue weighted by Crippen LogP contribution is 2.05. The van der Waals surface area contributed by atoms with E-state index in [1.165, 1.54) is 20.8 Å². The summed E-state index contributed by atoms with van der Waals surface area (Å²) < 4.78 is 0. The van der Waals surface area contributed by atoms with Crippen molar-refractivity contribution in [2.45, 2.75) is 71.0 Å². The smallest absolute Gasteiger partial charge is 0.325 e. The lowest BCUT2D eigenvalue weighted by Crippen LogP contribution is -2.61. The van der Waals surface area contributed by atoms with Gasteiger partial charge in [-0.2, -0.15) is 0 Å². The second-order valence-electron chi connectivity index (χ2n) is 6.79. The fourth-order valence-corrected chi connectivity index (χ4v) is 2.02. The van der Waals surface area contributed by atoms with Crippen molar-refractivity contribution in [3.63, 3.8) is 0 Å². The van der Waals surface area contributed by atoms with Crippen LogP contribution in [0.5, 0.6) is 0 Å². The van der Waals surface area contributed by atoms with Crippen LogP contribution < -0.4 is 21.7 Å². The highest BCUT2D eigenvalue weighted by Gasteiger charge is 2.33. The quantitative estimate of drug-likeness (QED) is 0.209. The maximum atomic E-state index is 12.5. The number of aliphatic hydroxyl groups excluding tert-OH is 2. The van der Waals surface area contributed by atoms with Crippen molar-refractivity contribution < 1.29 is 34.5 Å². The fourth-order valence-electron chi connectivity index (χ4n) is 2.02. The third kappa shape index (κ3) is 7.89. The molecule has 156 valence electrons. The zero-order valence-electron chi connectivity index (χ0n) is 16.1. The van der Waals surface area contributed by atoms with Crippen LogP contribution in [0, 0.1) is 5.92 Å². The molecular formula is C16H30N4O7. The van der Waals surface area contributed by atoms with Gasteiger partial charge in [0.25, 0.3) is 0 Å². The van der Waals surface area contributed by atoms with Crippen LogP contribution in [-0.4, -0.2) is 75.4 Å². The topological polar surface area (TPSA) is 191 Å². The first-order valence-electron chi connectivity index (χ1n) is 8.55. The van der Waals surface area contributed by atoms with Crippen molar-refractivity contribution in [3.05, 3.63) is 0 Å². The number of aliphatic carboxylic acids is 1. The summed E-state index contributed by atoms with van der Waals surface area (Å²) in [5.74, 6) is -4.08. The Morgan fingerprint density at radius 3 is 1.56 bits per heavy atom. The molecular weight excluding hydrogens is 360 g/mol. The van der Waals surface area contributed by atoms with E-state index in [2.05, 4.69) is 16.0 Å². The Bertz CT molecular complexity index is 551. The molecule has 0 aliphatic carbocycles. The molecule has 0 aromatic rings. The molecule has 0 heterocycles. The Balaban J connectivity index is 5.22. The van der Waals surface area contributed by atoms with Gasteiger partial charge >= 0.3 is 5.97 Å². The number of nitrogens with two attached hydrogens (primary N) is 1. The summed E-state index contributed by atoms with van der Waals surface area (Å²) >= 11 is 0. The molecule has 0 radical (unpaired) electrons. The number of rotatable bonds is 10. The van der Waals surface area contributed by atoms with E-state index in [0.29, 0.717) is 0 Å². The monoisotopic (exact) mass is 390 g/mol. The van der Waals surface area contributed by atoms with Gasteiger partial charge in [0.1, 0.15) is 24.2 Å². The van der Waals surface area contributed by atoms with Gasteiger partial charge in [0, 0.05) is 0 Å². The molecule has 0 saturated carbocycles. The van der Waals surface area contributed by atoms with Crippen LogP contribution in [0.1, 0.15) is 34.6 Å². The lowest BCUT2D eigenvalue weighted by molar-refractivity contribution is -0.142. The summed E-state index contributed by atoms with van der Waals surface area (Å²) in [6.45, 7) is 7.09. The molecule has 0 spiro atoms. The third-order valence-corrected chi connectivity index (χ3v) is 3.86. The van der Waals surface area contributed by atoms with Gasteiger partial charge in [-0.15, -0.1) is 0 Å². The predicted molar refractivity (Wildman–Crippen MR) is 95.3 cm³/mol. The first-order valence-corrected chi connectivity index (χ1v) is 8.55. The molecule has 0 aliphatic rings. The molecule has 27 heavy (non-hydrogen) atoms. The van der Waals surface area contributed by atoms with Gasteiger partial charge in [0.15, 0.2) is 0 Å². The summed E-state index contributed by atoms with van der Waals surface area (Å²) in [6, 6.07) is -4.98. The van der Waals surface area contributed by atoms with E-state index in [1.807, 2.05) is 0 Å². The number of aliphatic hydroxyl groups is 2. The van der Waals surface area contributed by atoms with E-state index in [9.17, 15) is 29.4 Å². The van der Waals surface area contributed by atoms with E-state index in [0.717, 1.165) is 0 Å². The molecule has 0 aromatic carbocycles. The van der Waals surface area contributed by atoms with E-state index in [4.69, 9.17) is 10.8 Å². The highest BCUT2D eigenvalue weighted by molar-refractivity contribution is 5.94. The molecule has 0 rings (SSSR count). The summed E-state index contributed by atoms with van der Waals surface area (Å²) in [5.41, 5.74) is 5.54. The number of carboxylic acids is 1. The van der Waals surface area contributed by atoms with E-state index in [1.54, 1.807) is 13.8 Å². The van der Waals surface area contributed by atoms with Crippen molar-refractivity contribution >= 4 is 23.7 Å². The van der Waals surface area contributed by atoms with Gasteiger partial charge in [0.05, 0.1) is 12.2 Å². The number of carboxylic acid groups (broad SMARTS) is 1. The normalized spacial score (nSPS) is 17.8. The number of amides is 3. The number of carbonyl (C=O) groups is 4. The fraction of sp³-hybridized carbons (Fsp3) is 0.750. The van der Waals surface area contributed by atoms with Crippen molar-refractivity contribution in [2.75, 3.05) is 0 Å². The average Bonchev–Trinajstić information content (AvgIpc) is 2.54. The minimum Gasteiger partial charge on any atom is -0.480 e. The molecule has 0 fully saturated rings. The van der Waals surface area contributed by atoms with Gasteiger partial charge in [-0.05, 0) is 26.7 Å². The molecule has 11 heteroatoms. The van der Waals surface area contributed by atoms with Crippen LogP contribution >= 0.6 is 0 Å². The highest BCUT2D eigenvalue weighted by atomic mass is 16.4. The zero-order valence-corrected chi connectivity index (χ0v) is 16.1. The molecule has 11 nitrogen and oxygen atoms in total. The predicted octanol–water partition coefficient (Wildman–Crippen LogP) is -2.71. The maximum Gasteiger partial charge on any atom is 0.325 e. The van der Waals surface area contributed by atoms with Crippen LogP contribution in [0.2, 0.25) is 0 Å². The molecule has 6 atom stereocenters. The second kappa shape index (κ2) is 10.8. The summed E-state index contributed by atoms with van der Waals surface area (Å²) in [5, 5.41) is 34.9. The molecule has 3 amide bonds. The van der Waals surface area contributed by atoms with E-state index >= 15 is 0 Å². The summed E-state index contributed by atoms with van der Waals surface area (Å²) in [7, 11) is 0. The largest absolute Gasteiger partial charge is 0.480 e. The Morgan fingerprint density at radius 1 is 0.741 bits per heavy atom. The minimum atomic E-state index is -1.43. The van der Waals surface area contributed by atoms with Crippen molar-refractivity contribution in [2.24, 2.45) is 11.7 Å². The van der Waals surface area contributed by atoms with E-state index in [-0.39, 0.29) is 0 Å². The molecule has 0 aromatic heterocycles.